The Morgan fingerprint density at radius 2 is 2.50 bits per heavy atom. The zero-order chi connectivity index (χ0) is 11.1. The van der Waals surface area contributed by atoms with Crippen LogP contribution in [0.25, 0.3) is 0 Å². The number of nitrogens with two attached hydrogens (primary N) is 1. The SMILES string of the molecule is Cn1cc(CC(N)C2CC3CCC2O3)cn1. The Labute approximate surface area is 95.8 Å². The van der Waals surface area contributed by atoms with Crippen molar-refractivity contribution < 1.29 is 4.74 Å². The minimum atomic E-state index is 0.222. The fourth-order valence-electron chi connectivity index (χ4n) is 3.13. The van der Waals surface area contributed by atoms with Gasteiger partial charge in [-0.1, -0.05) is 0 Å². The van der Waals surface area contributed by atoms with Gasteiger partial charge in [0.25, 0.3) is 0 Å². The Balaban J connectivity index is 1.63. The summed E-state index contributed by atoms with van der Waals surface area (Å²) in [5, 5.41) is 4.17. The van der Waals surface area contributed by atoms with Crippen LogP contribution in [0.2, 0.25) is 0 Å². The first-order valence-corrected chi connectivity index (χ1v) is 6.11. The Bertz CT molecular complexity index is 376. The smallest absolute Gasteiger partial charge is 0.0623 e. The van der Waals surface area contributed by atoms with Crippen molar-refractivity contribution in [1.29, 1.82) is 0 Å². The first kappa shape index (κ1) is 10.3. The summed E-state index contributed by atoms with van der Waals surface area (Å²) in [5.74, 6) is 0.555. The van der Waals surface area contributed by atoms with E-state index in [2.05, 4.69) is 5.10 Å². The second kappa shape index (κ2) is 3.86. The molecule has 4 atom stereocenters. The lowest BCUT2D eigenvalue weighted by molar-refractivity contribution is 0.0885. The van der Waals surface area contributed by atoms with Crippen LogP contribution in [-0.4, -0.2) is 28.0 Å². The highest BCUT2D eigenvalue weighted by Gasteiger charge is 2.43. The zero-order valence-electron chi connectivity index (χ0n) is 9.67. The van der Waals surface area contributed by atoms with Gasteiger partial charge in [-0.2, -0.15) is 5.10 Å². The van der Waals surface area contributed by atoms with Gasteiger partial charge in [-0.15, -0.1) is 0 Å². The lowest BCUT2D eigenvalue weighted by atomic mass is 9.82. The molecule has 2 saturated heterocycles. The molecule has 0 saturated carbocycles. The monoisotopic (exact) mass is 221 g/mol. The number of rotatable bonds is 3. The quantitative estimate of drug-likeness (QED) is 0.823. The van der Waals surface area contributed by atoms with Gasteiger partial charge in [0.1, 0.15) is 0 Å². The molecule has 2 aliphatic heterocycles. The molecule has 1 aromatic heterocycles. The normalized spacial score (nSPS) is 34.5. The molecule has 3 rings (SSSR count). The molecule has 4 nitrogen and oxygen atoms in total. The van der Waals surface area contributed by atoms with Crippen molar-refractivity contribution in [2.24, 2.45) is 18.7 Å². The summed E-state index contributed by atoms with van der Waals surface area (Å²) < 4.78 is 7.68. The van der Waals surface area contributed by atoms with Crippen molar-refractivity contribution in [3.63, 3.8) is 0 Å². The topological polar surface area (TPSA) is 53.1 Å². The Kier molecular flexibility index (Phi) is 2.48. The van der Waals surface area contributed by atoms with E-state index in [0.29, 0.717) is 18.1 Å². The van der Waals surface area contributed by atoms with E-state index in [1.165, 1.54) is 18.4 Å². The van der Waals surface area contributed by atoms with Gasteiger partial charge >= 0.3 is 0 Å². The molecule has 0 radical (unpaired) electrons. The Hall–Kier alpha value is -0.870. The molecule has 2 N–H and O–H groups in total. The van der Waals surface area contributed by atoms with Crippen molar-refractivity contribution >= 4 is 0 Å². The second-order valence-corrected chi connectivity index (χ2v) is 5.16. The number of ether oxygens (including phenoxy) is 1. The molecule has 0 aliphatic carbocycles. The molecule has 2 aliphatic rings. The second-order valence-electron chi connectivity index (χ2n) is 5.16. The third-order valence-corrected chi connectivity index (χ3v) is 3.93. The van der Waals surface area contributed by atoms with Gasteiger partial charge in [0, 0.05) is 25.2 Å². The van der Waals surface area contributed by atoms with Crippen LogP contribution in [0, 0.1) is 5.92 Å². The number of aromatic nitrogens is 2. The first-order chi connectivity index (χ1) is 7.72. The van der Waals surface area contributed by atoms with Gasteiger partial charge < -0.3 is 10.5 Å². The zero-order valence-corrected chi connectivity index (χ0v) is 9.67. The number of aryl methyl sites for hydroxylation is 1. The van der Waals surface area contributed by atoms with Crippen molar-refractivity contribution in [2.75, 3.05) is 0 Å². The summed E-state index contributed by atoms with van der Waals surface area (Å²) in [5.41, 5.74) is 7.52. The molecule has 1 aromatic rings. The standard InChI is InChI=1S/C12H19N3O/c1-15-7-8(6-14-15)4-11(13)10-5-9-2-3-12(10)16-9/h6-7,9-12H,2-5,13H2,1H3. The van der Waals surface area contributed by atoms with Gasteiger partial charge in [-0.3, -0.25) is 4.68 Å². The molecular weight excluding hydrogens is 202 g/mol. The largest absolute Gasteiger partial charge is 0.375 e. The Morgan fingerprint density at radius 1 is 1.62 bits per heavy atom. The molecule has 0 amide bonds. The van der Waals surface area contributed by atoms with Gasteiger partial charge in [0.05, 0.1) is 18.4 Å². The third kappa shape index (κ3) is 1.76. The molecule has 2 bridgehead atoms. The molecule has 88 valence electrons. The summed E-state index contributed by atoms with van der Waals surface area (Å²) in [6, 6.07) is 0.222. The number of nitrogens with zero attached hydrogens (tertiary/aromatic N) is 2. The lowest BCUT2D eigenvalue weighted by Crippen LogP contribution is -2.37. The molecule has 16 heavy (non-hydrogen) atoms. The van der Waals surface area contributed by atoms with Gasteiger partial charge in [0.2, 0.25) is 0 Å². The lowest BCUT2D eigenvalue weighted by Gasteiger charge is -2.24. The summed E-state index contributed by atoms with van der Waals surface area (Å²) >= 11 is 0. The highest BCUT2D eigenvalue weighted by Crippen LogP contribution is 2.40. The van der Waals surface area contributed by atoms with Crippen LogP contribution in [0.4, 0.5) is 0 Å². The molecule has 0 spiro atoms. The van der Waals surface area contributed by atoms with E-state index in [1.54, 1.807) is 0 Å². The number of hydrogen-bond donors (Lipinski definition) is 1. The van der Waals surface area contributed by atoms with E-state index in [-0.39, 0.29) is 6.04 Å². The fourth-order valence-corrected chi connectivity index (χ4v) is 3.13. The predicted molar refractivity (Wildman–Crippen MR) is 60.9 cm³/mol. The van der Waals surface area contributed by atoms with E-state index in [1.807, 2.05) is 24.1 Å². The number of fused-ring (bicyclic) bond motifs is 2. The van der Waals surface area contributed by atoms with Crippen molar-refractivity contribution in [1.82, 2.24) is 9.78 Å². The van der Waals surface area contributed by atoms with Gasteiger partial charge in [-0.05, 0) is 31.2 Å². The van der Waals surface area contributed by atoms with E-state index >= 15 is 0 Å². The van der Waals surface area contributed by atoms with Crippen molar-refractivity contribution in [3.8, 4) is 0 Å². The minimum Gasteiger partial charge on any atom is -0.375 e. The summed E-state index contributed by atoms with van der Waals surface area (Å²) in [4.78, 5) is 0. The number of hydrogen-bond acceptors (Lipinski definition) is 3. The molecule has 2 fully saturated rings. The van der Waals surface area contributed by atoms with Crippen LogP contribution in [0.3, 0.4) is 0 Å². The van der Waals surface area contributed by atoms with Crippen molar-refractivity contribution in [3.05, 3.63) is 18.0 Å². The van der Waals surface area contributed by atoms with Crippen molar-refractivity contribution in [2.45, 2.75) is 43.9 Å². The highest BCUT2D eigenvalue weighted by molar-refractivity contribution is 5.08. The summed E-state index contributed by atoms with van der Waals surface area (Å²) in [6.45, 7) is 0. The van der Waals surface area contributed by atoms with Gasteiger partial charge in [0.15, 0.2) is 0 Å². The van der Waals surface area contributed by atoms with Crippen LogP contribution in [0.1, 0.15) is 24.8 Å². The maximum Gasteiger partial charge on any atom is 0.0623 e. The third-order valence-electron chi connectivity index (χ3n) is 3.93. The molecule has 4 heteroatoms. The van der Waals surface area contributed by atoms with E-state index < -0.39 is 0 Å². The summed E-state index contributed by atoms with van der Waals surface area (Å²) in [7, 11) is 1.94. The average molecular weight is 221 g/mol. The molecule has 0 aromatic carbocycles. The van der Waals surface area contributed by atoms with Crippen LogP contribution in [-0.2, 0) is 18.2 Å². The highest BCUT2D eigenvalue weighted by atomic mass is 16.5. The van der Waals surface area contributed by atoms with E-state index in [4.69, 9.17) is 10.5 Å². The average Bonchev–Trinajstić information content (AvgIpc) is 2.93. The molecule has 3 heterocycles. The van der Waals surface area contributed by atoms with Crippen LogP contribution in [0.15, 0.2) is 12.4 Å². The van der Waals surface area contributed by atoms with Gasteiger partial charge in [-0.25, -0.2) is 0 Å². The maximum atomic E-state index is 6.29. The predicted octanol–water partition coefficient (Wildman–Crippen LogP) is 0.857. The van der Waals surface area contributed by atoms with E-state index in [0.717, 1.165) is 12.8 Å². The van der Waals surface area contributed by atoms with Crippen LogP contribution < -0.4 is 5.73 Å². The minimum absolute atomic E-state index is 0.222. The summed E-state index contributed by atoms with van der Waals surface area (Å²) in [6.07, 6.45) is 9.40. The first-order valence-electron chi connectivity index (χ1n) is 6.11. The van der Waals surface area contributed by atoms with Crippen LogP contribution >= 0.6 is 0 Å². The Morgan fingerprint density at radius 3 is 3.06 bits per heavy atom. The molecular formula is C12H19N3O. The van der Waals surface area contributed by atoms with E-state index in [9.17, 15) is 0 Å². The maximum absolute atomic E-state index is 6.29. The van der Waals surface area contributed by atoms with Crippen LogP contribution in [0.5, 0.6) is 0 Å². The fraction of sp³-hybridized carbons (Fsp3) is 0.750. The molecule has 4 unspecified atom stereocenters.